The maximum absolute atomic E-state index is 12.8. The number of amides is 1. The molecule has 2 N–H and O–H groups in total. The zero-order chi connectivity index (χ0) is 17.4. The highest BCUT2D eigenvalue weighted by atomic mass is 19.1. The van der Waals surface area contributed by atoms with Gasteiger partial charge in [0.05, 0.1) is 19.2 Å². The van der Waals surface area contributed by atoms with E-state index in [9.17, 15) is 14.0 Å². The average molecular weight is 330 g/mol. The Balaban J connectivity index is 1.75. The maximum atomic E-state index is 12.8. The number of benzene rings is 2. The van der Waals surface area contributed by atoms with Crippen LogP contribution < -0.4 is 10.6 Å². The molecule has 0 fully saturated rings. The second-order valence-corrected chi connectivity index (χ2v) is 5.17. The van der Waals surface area contributed by atoms with Gasteiger partial charge in [-0.2, -0.15) is 0 Å². The number of halogens is 1. The Kier molecular flexibility index (Phi) is 6.45. The van der Waals surface area contributed by atoms with Gasteiger partial charge in [-0.1, -0.05) is 18.2 Å². The summed E-state index contributed by atoms with van der Waals surface area (Å²) in [6.07, 6.45) is 0.700. The Hall–Kier alpha value is -2.73. The molecule has 0 heterocycles. The van der Waals surface area contributed by atoms with Gasteiger partial charge in [0.2, 0.25) is 5.91 Å². The van der Waals surface area contributed by atoms with E-state index in [2.05, 4.69) is 15.4 Å². The van der Waals surface area contributed by atoms with Crippen molar-refractivity contribution >= 4 is 17.6 Å². The van der Waals surface area contributed by atoms with Gasteiger partial charge in [0.15, 0.2) is 0 Å². The number of hydrogen-bond donors (Lipinski definition) is 2. The van der Waals surface area contributed by atoms with Crippen LogP contribution in [0.2, 0.25) is 0 Å². The lowest BCUT2D eigenvalue weighted by molar-refractivity contribution is -0.115. The minimum Gasteiger partial charge on any atom is -0.465 e. The van der Waals surface area contributed by atoms with E-state index in [1.807, 2.05) is 0 Å². The van der Waals surface area contributed by atoms with Gasteiger partial charge in [-0.15, -0.1) is 0 Å². The van der Waals surface area contributed by atoms with Crippen LogP contribution in [0.3, 0.4) is 0 Å². The van der Waals surface area contributed by atoms with E-state index in [0.717, 1.165) is 5.56 Å². The van der Waals surface area contributed by atoms with Crippen LogP contribution in [-0.4, -0.2) is 32.1 Å². The molecule has 0 atom stereocenters. The van der Waals surface area contributed by atoms with Gasteiger partial charge in [0, 0.05) is 5.69 Å². The predicted molar refractivity (Wildman–Crippen MR) is 89.4 cm³/mol. The molecule has 2 rings (SSSR count). The quantitative estimate of drug-likeness (QED) is 0.604. The molecule has 2 aromatic carbocycles. The van der Waals surface area contributed by atoms with Crippen LogP contribution in [0.1, 0.15) is 15.9 Å². The molecule has 0 unspecified atom stereocenters. The highest BCUT2D eigenvalue weighted by Gasteiger charge is 2.07. The summed E-state index contributed by atoms with van der Waals surface area (Å²) in [5.74, 6) is -0.931. The summed E-state index contributed by atoms with van der Waals surface area (Å²) in [6, 6.07) is 12.8. The number of anilines is 1. The molecule has 0 aromatic heterocycles. The first-order chi connectivity index (χ1) is 11.6. The van der Waals surface area contributed by atoms with Crippen LogP contribution in [0.4, 0.5) is 10.1 Å². The van der Waals surface area contributed by atoms with Crippen molar-refractivity contribution < 1.29 is 18.7 Å². The highest BCUT2D eigenvalue weighted by molar-refractivity contribution is 5.95. The number of carbonyl (C=O) groups excluding carboxylic acids is 2. The molecule has 0 saturated carbocycles. The van der Waals surface area contributed by atoms with Gasteiger partial charge < -0.3 is 15.4 Å². The molecule has 0 bridgehead atoms. The van der Waals surface area contributed by atoms with Gasteiger partial charge in [-0.25, -0.2) is 9.18 Å². The fraction of sp³-hybridized carbons (Fsp3) is 0.222. The fourth-order valence-electron chi connectivity index (χ4n) is 2.13. The van der Waals surface area contributed by atoms with Crippen molar-refractivity contribution in [1.82, 2.24) is 5.32 Å². The van der Waals surface area contributed by atoms with Crippen LogP contribution in [-0.2, 0) is 16.0 Å². The molecule has 6 heteroatoms. The molecule has 2 aromatic rings. The van der Waals surface area contributed by atoms with Gasteiger partial charge >= 0.3 is 5.97 Å². The Labute approximate surface area is 139 Å². The number of hydrogen-bond acceptors (Lipinski definition) is 4. The lowest BCUT2D eigenvalue weighted by Crippen LogP contribution is -2.29. The molecule has 1 amide bonds. The Morgan fingerprint density at radius 2 is 1.88 bits per heavy atom. The zero-order valence-electron chi connectivity index (χ0n) is 13.3. The summed E-state index contributed by atoms with van der Waals surface area (Å²) in [7, 11) is 1.30. The van der Waals surface area contributed by atoms with Crippen molar-refractivity contribution in [2.24, 2.45) is 0 Å². The largest absolute Gasteiger partial charge is 0.465 e. The molecule has 126 valence electrons. The standard InChI is InChI=1S/C18H19FN2O3/c1-24-18(23)14-3-2-4-16(11-14)21-17(22)12-20-10-9-13-5-7-15(19)8-6-13/h2-8,11,20H,9-10,12H2,1H3,(H,21,22). The average Bonchev–Trinajstić information content (AvgIpc) is 2.60. The monoisotopic (exact) mass is 330 g/mol. The molecule has 0 radical (unpaired) electrons. The SMILES string of the molecule is COC(=O)c1cccc(NC(=O)CNCCc2ccc(F)cc2)c1. The van der Waals surface area contributed by atoms with Crippen molar-refractivity contribution in [2.45, 2.75) is 6.42 Å². The number of ether oxygens (including phenoxy) is 1. The third-order valence-corrected chi connectivity index (χ3v) is 3.36. The van der Waals surface area contributed by atoms with Crippen molar-refractivity contribution in [2.75, 3.05) is 25.5 Å². The molecule has 0 saturated heterocycles. The molecule has 0 aliphatic heterocycles. The summed E-state index contributed by atoms with van der Waals surface area (Å²) < 4.78 is 17.4. The summed E-state index contributed by atoms with van der Waals surface area (Å²) in [5, 5.41) is 5.73. The van der Waals surface area contributed by atoms with Crippen LogP contribution >= 0.6 is 0 Å². The number of carbonyl (C=O) groups is 2. The Bertz CT molecular complexity index is 702. The van der Waals surface area contributed by atoms with E-state index < -0.39 is 5.97 Å². The van der Waals surface area contributed by atoms with E-state index in [0.29, 0.717) is 24.2 Å². The van der Waals surface area contributed by atoms with Crippen molar-refractivity contribution in [3.63, 3.8) is 0 Å². The molecule has 5 nitrogen and oxygen atoms in total. The number of methoxy groups -OCH3 is 1. The number of rotatable bonds is 7. The van der Waals surface area contributed by atoms with Crippen molar-refractivity contribution in [1.29, 1.82) is 0 Å². The molecular weight excluding hydrogens is 311 g/mol. The highest BCUT2D eigenvalue weighted by Crippen LogP contribution is 2.11. The summed E-state index contributed by atoms with van der Waals surface area (Å²) >= 11 is 0. The second-order valence-electron chi connectivity index (χ2n) is 5.17. The number of nitrogens with one attached hydrogen (secondary N) is 2. The molecule has 0 spiro atoms. The zero-order valence-corrected chi connectivity index (χ0v) is 13.3. The Morgan fingerprint density at radius 1 is 1.12 bits per heavy atom. The first-order valence-electron chi connectivity index (χ1n) is 7.52. The minimum atomic E-state index is -0.455. The third kappa shape index (κ3) is 5.48. The number of esters is 1. The Morgan fingerprint density at radius 3 is 2.58 bits per heavy atom. The normalized spacial score (nSPS) is 10.2. The van der Waals surface area contributed by atoms with Gasteiger partial charge in [-0.3, -0.25) is 4.79 Å². The second kappa shape index (κ2) is 8.79. The first kappa shape index (κ1) is 17.6. The molecular formula is C18H19FN2O3. The lowest BCUT2D eigenvalue weighted by Gasteiger charge is -2.08. The summed E-state index contributed by atoms with van der Waals surface area (Å²) in [6.45, 7) is 0.741. The van der Waals surface area contributed by atoms with Crippen LogP contribution in [0.15, 0.2) is 48.5 Å². The van der Waals surface area contributed by atoms with Gasteiger partial charge in [0.1, 0.15) is 5.82 Å². The third-order valence-electron chi connectivity index (χ3n) is 3.36. The molecule has 24 heavy (non-hydrogen) atoms. The van der Waals surface area contributed by atoms with Crippen LogP contribution in [0, 0.1) is 5.82 Å². The van der Waals surface area contributed by atoms with Gasteiger partial charge in [0.25, 0.3) is 0 Å². The maximum Gasteiger partial charge on any atom is 0.337 e. The first-order valence-corrected chi connectivity index (χ1v) is 7.52. The predicted octanol–water partition coefficient (Wildman–Crippen LogP) is 2.38. The van der Waals surface area contributed by atoms with Crippen LogP contribution in [0.5, 0.6) is 0 Å². The summed E-state index contributed by atoms with van der Waals surface area (Å²) in [5.41, 5.74) is 1.90. The van der Waals surface area contributed by atoms with E-state index in [4.69, 9.17) is 0 Å². The topological polar surface area (TPSA) is 67.4 Å². The van der Waals surface area contributed by atoms with Crippen molar-refractivity contribution in [3.8, 4) is 0 Å². The smallest absolute Gasteiger partial charge is 0.337 e. The minimum absolute atomic E-state index is 0.143. The van der Waals surface area contributed by atoms with Crippen molar-refractivity contribution in [3.05, 3.63) is 65.5 Å². The van der Waals surface area contributed by atoms with Crippen LogP contribution in [0.25, 0.3) is 0 Å². The van der Waals surface area contributed by atoms with E-state index in [1.54, 1.807) is 36.4 Å². The van der Waals surface area contributed by atoms with E-state index >= 15 is 0 Å². The van der Waals surface area contributed by atoms with Gasteiger partial charge in [-0.05, 0) is 48.9 Å². The lowest BCUT2D eigenvalue weighted by atomic mass is 10.1. The fourth-order valence-corrected chi connectivity index (χ4v) is 2.13. The van der Waals surface area contributed by atoms with E-state index in [1.165, 1.54) is 19.2 Å². The molecule has 0 aliphatic carbocycles. The summed E-state index contributed by atoms with van der Waals surface area (Å²) in [4.78, 5) is 23.3. The van der Waals surface area contributed by atoms with E-state index in [-0.39, 0.29) is 18.3 Å². The molecule has 0 aliphatic rings.